The van der Waals surface area contributed by atoms with Gasteiger partial charge < -0.3 is 54.6 Å². The van der Waals surface area contributed by atoms with Crippen molar-refractivity contribution < 1.29 is 52.7 Å². The third-order valence-corrected chi connectivity index (χ3v) is 12.1. The first-order valence-corrected chi connectivity index (χ1v) is 20.1. The van der Waals surface area contributed by atoms with E-state index >= 15 is 0 Å². The number of nitrogens with zero attached hydrogens (tertiary/aromatic N) is 2. The van der Waals surface area contributed by atoms with Gasteiger partial charge in [0.25, 0.3) is 11.8 Å². The zero-order valence-electron chi connectivity index (χ0n) is 34.3. The fourth-order valence-corrected chi connectivity index (χ4v) is 9.07. The summed E-state index contributed by atoms with van der Waals surface area (Å²) >= 11 is 0. The van der Waals surface area contributed by atoms with E-state index in [2.05, 4.69) is 121 Å². The number of anilines is 2. The third kappa shape index (κ3) is 7.55. The van der Waals surface area contributed by atoms with Gasteiger partial charge in [-0.05, 0) is 115 Å². The number of aromatic amines is 2. The Morgan fingerprint density at radius 2 is 0.869 bits per heavy atom. The van der Waals surface area contributed by atoms with Crippen LogP contribution < -0.4 is 53.7 Å². The number of pyridine rings is 2. The normalized spacial score (nSPS) is 11.3. The summed E-state index contributed by atoms with van der Waals surface area (Å²) in [4.78, 5) is 33.6. The van der Waals surface area contributed by atoms with Crippen LogP contribution in [-0.4, -0.2) is 21.8 Å². The molecule has 8 nitrogen and oxygen atoms in total. The molecule has 4 heterocycles. The minimum absolute atomic E-state index is 0. The molecule has 0 bridgehead atoms. The lowest BCUT2D eigenvalue weighted by molar-refractivity contribution is -0.682. The molecule has 2 amide bonds. The van der Waals surface area contributed by atoms with Crippen LogP contribution in [0.2, 0.25) is 0 Å². The zero-order chi connectivity index (χ0) is 40.4. The fraction of sp³-hybridized carbons (Fsp3) is 0.137. The van der Waals surface area contributed by atoms with Crippen molar-refractivity contribution >= 4 is 88.3 Å². The van der Waals surface area contributed by atoms with E-state index in [1.807, 2.05) is 70.1 Å². The first-order valence-electron chi connectivity index (χ1n) is 20.1. The molecule has 0 saturated carbocycles. The molecule has 0 radical (unpaired) electrons. The number of halogens is 2. The van der Waals surface area contributed by atoms with Gasteiger partial charge in [-0.1, -0.05) is 60.7 Å². The number of carbonyl (C=O) groups excluding carboxylic acids is 2. The van der Waals surface area contributed by atoms with Gasteiger partial charge in [0.15, 0.2) is 24.8 Å². The number of rotatable bonds is 8. The van der Waals surface area contributed by atoms with E-state index in [1.165, 1.54) is 65.6 Å². The summed E-state index contributed by atoms with van der Waals surface area (Å²) < 4.78 is 3.91. The van der Waals surface area contributed by atoms with Crippen molar-refractivity contribution in [2.75, 3.05) is 10.6 Å². The molecule has 10 aromatic rings. The van der Waals surface area contributed by atoms with Crippen LogP contribution in [-0.2, 0) is 29.1 Å². The molecule has 61 heavy (non-hydrogen) atoms. The summed E-state index contributed by atoms with van der Waals surface area (Å²) in [6.45, 7) is 9.06. The molecule has 0 fully saturated rings. The molecule has 10 rings (SSSR count). The van der Waals surface area contributed by atoms with Gasteiger partial charge in [-0.3, -0.25) is 9.59 Å². The van der Waals surface area contributed by atoms with Crippen molar-refractivity contribution in [2.45, 2.75) is 47.2 Å². The number of para-hydroxylation sites is 2. The van der Waals surface area contributed by atoms with Crippen LogP contribution in [0.15, 0.2) is 134 Å². The van der Waals surface area contributed by atoms with Gasteiger partial charge in [0.2, 0.25) is 13.1 Å². The fourth-order valence-electron chi connectivity index (χ4n) is 9.07. The predicted molar refractivity (Wildman–Crippen MR) is 239 cm³/mol. The number of aromatic nitrogens is 4. The highest BCUT2D eigenvalue weighted by Crippen LogP contribution is 2.37. The van der Waals surface area contributed by atoms with Crippen LogP contribution in [0.3, 0.4) is 0 Å². The Kier molecular flexibility index (Phi) is 11.3. The van der Waals surface area contributed by atoms with Crippen molar-refractivity contribution in [3.8, 4) is 0 Å². The van der Waals surface area contributed by atoms with E-state index in [-0.39, 0.29) is 58.9 Å². The molecule has 4 N–H and O–H groups in total. The van der Waals surface area contributed by atoms with Gasteiger partial charge in [-0.15, -0.1) is 0 Å². The minimum atomic E-state index is -0.0848. The molecule has 0 saturated heterocycles. The highest BCUT2D eigenvalue weighted by atomic mass is 79.9. The Hall–Kier alpha value is -6.36. The van der Waals surface area contributed by atoms with Crippen LogP contribution in [0.4, 0.5) is 11.4 Å². The zero-order valence-corrected chi connectivity index (χ0v) is 37.5. The van der Waals surface area contributed by atoms with Crippen LogP contribution in [0.5, 0.6) is 0 Å². The van der Waals surface area contributed by atoms with Gasteiger partial charge in [0, 0.05) is 66.9 Å². The summed E-state index contributed by atoms with van der Waals surface area (Å²) in [6, 6.07) is 37.0. The molecule has 0 aliphatic heterocycles. The smallest absolute Gasteiger partial charge is 0.290 e. The largest absolute Gasteiger partial charge is 1.00 e. The Morgan fingerprint density at radius 1 is 0.475 bits per heavy atom. The average molecular weight is 933 g/mol. The average Bonchev–Trinajstić information content (AvgIpc) is 3.84. The molecule has 0 aliphatic carbocycles. The molecular formula is C51H44Br2N6O2. The van der Waals surface area contributed by atoms with E-state index in [4.69, 9.17) is 0 Å². The predicted octanol–water partition coefficient (Wildman–Crippen LogP) is 3.95. The summed E-state index contributed by atoms with van der Waals surface area (Å²) in [7, 11) is 0. The Labute approximate surface area is 374 Å². The highest BCUT2D eigenvalue weighted by molar-refractivity contribution is 6.17. The van der Waals surface area contributed by atoms with Crippen LogP contribution in [0, 0.1) is 27.7 Å². The number of fused-ring (bicyclic) bond motifs is 8. The third-order valence-electron chi connectivity index (χ3n) is 12.1. The molecule has 0 aliphatic rings. The summed E-state index contributed by atoms with van der Waals surface area (Å²) in [5, 5.41) is 15.7. The van der Waals surface area contributed by atoms with Crippen molar-refractivity contribution in [3.05, 3.63) is 167 Å². The molecule has 4 aromatic heterocycles. The van der Waals surface area contributed by atoms with Crippen molar-refractivity contribution in [1.29, 1.82) is 0 Å². The number of hydrogen-bond donors (Lipinski definition) is 4. The number of carbonyl (C=O) groups is 2. The maximum Gasteiger partial charge on any atom is 0.290 e. The van der Waals surface area contributed by atoms with Gasteiger partial charge in [0.05, 0.1) is 11.0 Å². The second kappa shape index (κ2) is 16.6. The second-order valence-corrected chi connectivity index (χ2v) is 15.9. The Bertz CT molecular complexity index is 3110. The Balaban J connectivity index is 0.00000257. The van der Waals surface area contributed by atoms with E-state index in [1.54, 1.807) is 0 Å². The number of hydrogen-bond acceptors (Lipinski definition) is 2. The maximum atomic E-state index is 13.2. The standard InChI is InChI=1S/C51H42N6O2.2BrH/c1-30-42-26-56(23-21-38(42)32(3)50-48(30)40-9-5-7-11-44(40)54-50)28-46(58)52-36-17-13-34(14-18-36)25-35-15-19-37(20-16-35)53-47(59)29-57-24-22-39-33(4)51-49(31(2)43(39)27-57)41-10-6-8-12-45(41)55-51;;/h5-24,26-27H,25,28-29H2,1-4H3,(H2,52,53,58,59);2*1H. The Morgan fingerprint density at radius 3 is 1.28 bits per heavy atom. The molecule has 0 spiro atoms. The van der Waals surface area contributed by atoms with Crippen LogP contribution in [0.25, 0.3) is 65.2 Å². The second-order valence-electron chi connectivity index (χ2n) is 15.9. The van der Waals surface area contributed by atoms with Gasteiger partial charge in [-0.25, -0.2) is 0 Å². The number of benzene rings is 6. The quantitative estimate of drug-likeness (QED) is 0.174. The van der Waals surface area contributed by atoms with Crippen molar-refractivity contribution in [2.24, 2.45) is 0 Å². The van der Waals surface area contributed by atoms with Crippen LogP contribution in [0.1, 0.15) is 33.4 Å². The topological polar surface area (TPSA) is 97.5 Å². The van der Waals surface area contributed by atoms with Gasteiger partial charge in [-0.2, -0.15) is 9.13 Å². The van der Waals surface area contributed by atoms with Crippen molar-refractivity contribution in [1.82, 2.24) is 9.97 Å². The van der Waals surface area contributed by atoms with Crippen LogP contribution >= 0.6 is 0 Å². The molecule has 0 unspecified atom stereocenters. The van der Waals surface area contributed by atoms with Crippen molar-refractivity contribution in [3.63, 3.8) is 0 Å². The number of H-pyrrole nitrogens is 2. The first-order chi connectivity index (χ1) is 28.7. The number of nitrogens with one attached hydrogen (secondary N) is 4. The number of amides is 2. The SMILES string of the molecule is Cc1c2cc[n+](CC(=O)Nc3ccc(Cc4ccc(NC(=O)C[n+]5ccc6c(C)c7[nH]c8ccccc8c7c(C)c6c5)cc4)cc3)cc2c(C)c2c1[nH]c1ccccc12.[Br-].[Br-]. The molecule has 10 heteroatoms. The lowest BCUT2D eigenvalue weighted by Crippen LogP contribution is -3.00. The maximum absolute atomic E-state index is 13.2. The lowest BCUT2D eigenvalue weighted by atomic mass is 9.97. The van der Waals surface area contributed by atoms with Gasteiger partial charge >= 0.3 is 0 Å². The van der Waals surface area contributed by atoms with E-state index < -0.39 is 0 Å². The molecule has 0 atom stereocenters. The summed E-state index contributed by atoms with van der Waals surface area (Å²) in [5.41, 5.74) is 13.2. The highest BCUT2D eigenvalue weighted by Gasteiger charge is 2.20. The summed E-state index contributed by atoms with van der Waals surface area (Å²) in [6.07, 6.45) is 8.87. The first kappa shape index (κ1) is 41.4. The molecule has 6 aromatic carbocycles. The van der Waals surface area contributed by atoms with Gasteiger partial charge in [0.1, 0.15) is 0 Å². The lowest BCUT2D eigenvalue weighted by Gasteiger charge is -2.09. The van der Waals surface area contributed by atoms with E-state index in [0.717, 1.165) is 50.7 Å². The summed E-state index contributed by atoms with van der Waals surface area (Å²) in [5.74, 6) is -0.170. The van der Waals surface area contributed by atoms with E-state index in [0.29, 0.717) is 0 Å². The molecule has 304 valence electrons. The minimum Gasteiger partial charge on any atom is -1.00 e. The van der Waals surface area contributed by atoms with E-state index in [9.17, 15) is 9.59 Å². The monoisotopic (exact) mass is 930 g/mol. The number of aryl methyl sites for hydroxylation is 4. The molecular weight excluding hydrogens is 888 g/mol.